The van der Waals surface area contributed by atoms with E-state index in [-0.39, 0.29) is 5.54 Å². The summed E-state index contributed by atoms with van der Waals surface area (Å²) in [6.07, 6.45) is 0.410. The summed E-state index contributed by atoms with van der Waals surface area (Å²) in [6, 6.07) is 2.11. The van der Waals surface area contributed by atoms with Crippen molar-refractivity contribution < 1.29 is 0 Å². The van der Waals surface area contributed by atoms with Crippen molar-refractivity contribution in [1.82, 2.24) is 10.3 Å². The fourth-order valence-electron chi connectivity index (χ4n) is 1.28. The van der Waals surface area contributed by atoms with E-state index in [2.05, 4.69) is 37.1 Å². The van der Waals surface area contributed by atoms with Gasteiger partial charge in [0.25, 0.3) is 0 Å². The van der Waals surface area contributed by atoms with Crippen molar-refractivity contribution in [3.63, 3.8) is 0 Å². The van der Waals surface area contributed by atoms with Gasteiger partial charge in [-0.2, -0.15) is 5.26 Å². The summed E-state index contributed by atoms with van der Waals surface area (Å²) in [7, 11) is 0. The molecule has 0 spiro atoms. The molecular weight excluding hydrogens is 194 g/mol. The van der Waals surface area contributed by atoms with Gasteiger partial charge < -0.3 is 5.32 Å². The molecule has 0 aliphatic heterocycles. The van der Waals surface area contributed by atoms with Gasteiger partial charge in [0, 0.05) is 5.38 Å². The summed E-state index contributed by atoms with van der Waals surface area (Å²) in [6.45, 7) is 7.19. The maximum atomic E-state index is 8.54. The number of nitrogens with zero attached hydrogens (tertiary/aromatic N) is 2. The van der Waals surface area contributed by atoms with E-state index in [0.717, 1.165) is 17.2 Å². The van der Waals surface area contributed by atoms with E-state index in [0.29, 0.717) is 6.42 Å². The minimum atomic E-state index is -0.0983. The van der Waals surface area contributed by atoms with Crippen LogP contribution in [0.5, 0.6) is 0 Å². The molecule has 1 aromatic heterocycles. The van der Waals surface area contributed by atoms with Crippen LogP contribution in [0, 0.1) is 11.3 Å². The van der Waals surface area contributed by atoms with Crippen LogP contribution in [0.25, 0.3) is 0 Å². The van der Waals surface area contributed by atoms with E-state index in [1.165, 1.54) is 0 Å². The average molecular weight is 209 g/mol. The normalized spacial score (nSPS) is 11.3. The molecule has 76 valence electrons. The van der Waals surface area contributed by atoms with Gasteiger partial charge in [0.15, 0.2) is 0 Å². The molecule has 0 unspecified atom stereocenters. The SMILES string of the molecule is CCNC(C)(C)c1csc(CC#N)n1. The molecule has 0 aromatic carbocycles. The summed E-state index contributed by atoms with van der Waals surface area (Å²) in [5.74, 6) is 0. The first-order valence-electron chi connectivity index (χ1n) is 4.67. The summed E-state index contributed by atoms with van der Waals surface area (Å²) in [4.78, 5) is 4.42. The minimum absolute atomic E-state index is 0.0983. The Morgan fingerprint density at radius 2 is 2.36 bits per heavy atom. The van der Waals surface area contributed by atoms with E-state index < -0.39 is 0 Å². The Bertz CT molecular complexity index is 335. The maximum absolute atomic E-state index is 8.54. The molecule has 0 aliphatic rings. The van der Waals surface area contributed by atoms with Crippen molar-refractivity contribution in [1.29, 1.82) is 5.26 Å². The Kier molecular flexibility index (Phi) is 3.62. The minimum Gasteiger partial charge on any atom is -0.307 e. The van der Waals surface area contributed by atoms with Gasteiger partial charge in [-0.25, -0.2) is 4.98 Å². The second-order valence-corrected chi connectivity index (χ2v) is 4.56. The molecular formula is C10H15N3S. The van der Waals surface area contributed by atoms with E-state index in [1.807, 2.05) is 5.38 Å². The first kappa shape index (κ1) is 11.2. The highest BCUT2D eigenvalue weighted by atomic mass is 32.1. The highest BCUT2D eigenvalue weighted by molar-refractivity contribution is 7.09. The quantitative estimate of drug-likeness (QED) is 0.825. The van der Waals surface area contributed by atoms with Crippen LogP contribution in [0.1, 0.15) is 31.5 Å². The highest BCUT2D eigenvalue weighted by Gasteiger charge is 2.21. The lowest BCUT2D eigenvalue weighted by Crippen LogP contribution is -2.36. The Hall–Kier alpha value is -0.920. The molecule has 1 rings (SSSR count). The Labute approximate surface area is 88.8 Å². The van der Waals surface area contributed by atoms with Crippen molar-refractivity contribution in [2.75, 3.05) is 6.54 Å². The third-order valence-corrected chi connectivity index (χ3v) is 2.89. The molecule has 3 nitrogen and oxygen atoms in total. The predicted molar refractivity (Wildman–Crippen MR) is 58.1 cm³/mol. The van der Waals surface area contributed by atoms with Gasteiger partial charge in [0.1, 0.15) is 5.01 Å². The third kappa shape index (κ3) is 2.53. The zero-order valence-corrected chi connectivity index (χ0v) is 9.61. The van der Waals surface area contributed by atoms with Crippen LogP contribution in [0.4, 0.5) is 0 Å². The Morgan fingerprint density at radius 1 is 1.64 bits per heavy atom. The topological polar surface area (TPSA) is 48.7 Å². The van der Waals surface area contributed by atoms with Crippen LogP contribution in [-0.2, 0) is 12.0 Å². The van der Waals surface area contributed by atoms with E-state index in [9.17, 15) is 0 Å². The van der Waals surface area contributed by atoms with Crippen molar-refractivity contribution in [3.8, 4) is 6.07 Å². The Balaban J connectivity index is 2.80. The van der Waals surface area contributed by atoms with Crippen molar-refractivity contribution in [3.05, 3.63) is 16.1 Å². The molecule has 0 amide bonds. The number of nitrogens with one attached hydrogen (secondary N) is 1. The van der Waals surface area contributed by atoms with Gasteiger partial charge in [0.05, 0.1) is 23.7 Å². The lowest BCUT2D eigenvalue weighted by Gasteiger charge is -2.23. The van der Waals surface area contributed by atoms with E-state index in [1.54, 1.807) is 11.3 Å². The monoisotopic (exact) mass is 209 g/mol. The van der Waals surface area contributed by atoms with Gasteiger partial charge in [-0.05, 0) is 20.4 Å². The lowest BCUT2D eigenvalue weighted by molar-refractivity contribution is 0.405. The summed E-state index contributed by atoms with van der Waals surface area (Å²) >= 11 is 1.55. The Morgan fingerprint density at radius 3 is 2.93 bits per heavy atom. The van der Waals surface area contributed by atoms with Crippen LogP contribution in [0.3, 0.4) is 0 Å². The molecule has 14 heavy (non-hydrogen) atoms. The maximum Gasteiger partial charge on any atom is 0.107 e. The predicted octanol–water partition coefficient (Wildman–Crippen LogP) is 2.05. The van der Waals surface area contributed by atoms with Gasteiger partial charge in [-0.15, -0.1) is 11.3 Å². The number of thiazole rings is 1. The van der Waals surface area contributed by atoms with Crippen LogP contribution in [-0.4, -0.2) is 11.5 Å². The highest BCUT2D eigenvalue weighted by Crippen LogP contribution is 2.22. The molecule has 0 radical (unpaired) electrons. The molecule has 1 N–H and O–H groups in total. The second-order valence-electron chi connectivity index (χ2n) is 3.62. The fraction of sp³-hybridized carbons (Fsp3) is 0.600. The smallest absolute Gasteiger partial charge is 0.107 e. The molecule has 0 atom stereocenters. The molecule has 0 saturated heterocycles. The standard InChI is InChI=1S/C10H15N3S/c1-4-12-10(2,3)8-7-14-9(13-8)5-6-11/h7,12H,4-5H2,1-3H3. The van der Waals surface area contributed by atoms with Crippen LogP contribution in [0.15, 0.2) is 5.38 Å². The summed E-state index contributed by atoms with van der Waals surface area (Å²) in [5.41, 5.74) is 0.925. The van der Waals surface area contributed by atoms with Crippen molar-refractivity contribution in [2.45, 2.75) is 32.7 Å². The van der Waals surface area contributed by atoms with E-state index in [4.69, 9.17) is 5.26 Å². The number of nitriles is 1. The van der Waals surface area contributed by atoms with E-state index >= 15 is 0 Å². The number of aromatic nitrogens is 1. The van der Waals surface area contributed by atoms with Gasteiger partial charge in [-0.1, -0.05) is 6.92 Å². The van der Waals surface area contributed by atoms with Crippen molar-refractivity contribution in [2.24, 2.45) is 0 Å². The average Bonchev–Trinajstić information content (AvgIpc) is 2.54. The zero-order valence-electron chi connectivity index (χ0n) is 8.79. The molecule has 4 heteroatoms. The number of hydrogen-bond donors (Lipinski definition) is 1. The van der Waals surface area contributed by atoms with Crippen LogP contribution < -0.4 is 5.32 Å². The molecule has 0 bridgehead atoms. The summed E-state index contributed by atoms with van der Waals surface area (Å²) in [5, 5.41) is 14.8. The zero-order chi connectivity index (χ0) is 10.6. The number of rotatable bonds is 4. The molecule has 0 aliphatic carbocycles. The number of hydrogen-bond acceptors (Lipinski definition) is 4. The first-order chi connectivity index (χ1) is 6.60. The third-order valence-electron chi connectivity index (χ3n) is 2.04. The fourth-order valence-corrected chi connectivity index (χ4v) is 2.17. The lowest BCUT2D eigenvalue weighted by atomic mass is 10.0. The van der Waals surface area contributed by atoms with Crippen LogP contribution in [0.2, 0.25) is 0 Å². The molecule has 0 saturated carbocycles. The van der Waals surface area contributed by atoms with Gasteiger partial charge in [0.2, 0.25) is 0 Å². The van der Waals surface area contributed by atoms with Gasteiger partial charge in [-0.3, -0.25) is 0 Å². The molecule has 0 fully saturated rings. The molecule has 1 aromatic rings. The first-order valence-corrected chi connectivity index (χ1v) is 5.55. The second kappa shape index (κ2) is 4.54. The summed E-state index contributed by atoms with van der Waals surface area (Å²) < 4.78 is 0. The van der Waals surface area contributed by atoms with Gasteiger partial charge >= 0.3 is 0 Å². The molecule has 1 heterocycles. The largest absolute Gasteiger partial charge is 0.307 e. The van der Waals surface area contributed by atoms with Crippen molar-refractivity contribution >= 4 is 11.3 Å². The van der Waals surface area contributed by atoms with Crippen LogP contribution >= 0.6 is 11.3 Å².